The average Bonchev–Trinajstić information content (AvgIpc) is 2.89. The summed E-state index contributed by atoms with van der Waals surface area (Å²) >= 11 is 6.83. The van der Waals surface area contributed by atoms with Crippen LogP contribution in [0.1, 0.15) is 15.9 Å². The molecule has 0 unspecified atom stereocenters. The molecule has 3 aromatic rings. The summed E-state index contributed by atoms with van der Waals surface area (Å²) in [7, 11) is 1.60. The van der Waals surface area contributed by atoms with Crippen molar-refractivity contribution in [2.45, 2.75) is 0 Å². The van der Waals surface area contributed by atoms with Gasteiger partial charge in [-0.1, -0.05) is 22.0 Å². The zero-order valence-corrected chi connectivity index (χ0v) is 14.3. The number of H-pyrrole nitrogens is 1. The minimum Gasteiger partial charge on any atom is -0.496 e. The summed E-state index contributed by atoms with van der Waals surface area (Å²) in [5.74, 6) is 0.682. The lowest BCUT2D eigenvalue weighted by Gasteiger charge is -2.05. The van der Waals surface area contributed by atoms with Crippen molar-refractivity contribution in [3.05, 3.63) is 62.7 Å². The molecule has 21 heavy (non-hydrogen) atoms. The van der Waals surface area contributed by atoms with E-state index in [0.717, 1.165) is 19.8 Å². The SMILES string of the molecule is COc1ccc(C(=O)c2c[nH]c3cc(Br)ccc23)cc1Br. The van der Waals surface area contributed by atoms with Gasteiger partial charge in [0.2, 0.25) is 0 Å². The molecule has 0 aliphatic carbocycles. The molecule has 106 valence electrons. The molecule has 1 heterocycles. The van der Waals surface area contributed by atoms with Crippen LogP contribution < -0.4 is 4.74 Å². The van der Waals surface area contributed by atoms with E-state index in [1.165, 1.54) is 0 Å². The van der Waals surface area contributed by atoms with E-state index >= 15 is 0 Å². The van der Waals surface area contributed by atoms with Crippen LogP contribution in [-0.2, 0) is 0 Å². The Balaban J connectivity index is 2.06. The summed E-state index contributed by atoms with van der Waals surface area (Å²) in [6.07, 6.45) is 1.75. The number of methoxy groups -OCH3 is 1. The van der Waals surface area contributed by atoms with Gasteiger partial charge < -0.3 is 9.72 Å². The maximum atomic E-state index is 12.7. The number of benzene rings is 2. The molecule has 0 aliphatic rings. The van der Waals surface area contributed by atoms with Crippen molar-refractivity contribution < 1.29 is 9.53 Å². The summed E-state index contributed by atoms with van der Waals surface area (Å²) in [6.45, 7) is 0. The molecule has 1 N–H and O–H groups in total. The highest BCUT2D eigenvalue weighted by atomic mass is 79.9. The van der Waals surface area contributed by atoms with Crippen LogP contribution >= 0.6 is 31.9 Å². The van der Waals surface area contributed by atoms with E-state index in [-0.39, 0.29) is 5.78 Å². The van der Waals surface area contributed by atoms with Crippen molar-refractivity contribution in [1.82, 2.24) is 4.98 Å². The number of hydrogen-bond acceptors (Lipinski definition) is 2. The fourth-order valence-corrected chi connectivity index (χ4v) is 3.15. The zero-order valence-electron chi connectivity index (χ0n) is 11.1. The van der Waals surface area contributed by atoms with Crippen molar-refractivity contribution >= 4 is 48.5 Å². The fraction of sp³-hybridized carbons (Fsp3) is 0.0625. The first-order valence-corrected chi connectivity index (χ1v) is 7.83. The molecule has 0 saturated heterocycles. The van der Waals surface area contributed by atoms with Crippen LogP contribution in [0, 0.1) is 0 Å². The van der Waals surface area contributed by atoms with Crippen LogP contribution in [0.25, 0.3) is 10.9 Å². The average molecular weight is 409 g/mol. The molecule has 2 aromatic carbocycles. The Morgan fingerprint density at radius 3 is 2.67 bits per heavy atom. The van der Waals surface area contributed by atoms with Crippen LogP contribution in [0.5, 0.6) is 5.75 Å². The second kappa shape index (κ2) is 5.66. The molecular weight excluding hydrogens is 398 g/mol. The third kappa shape index (κ3) is 2.63. The van der Waals surface area contributed by atoms with Gasteiger partial charge in [-0.3, -0.25) is 4.79 Å². The lowest BCUT2D eigenvalue weighted by molar-refractivity contribution is 0.104. The number of nitrogens with one attached hydrogen (secondary N) is 1. The number of aromatic amines is 1. The minimum absolute atomic E-state index is 0.0214. The second-order valence-corrected chi connectivity index (χ2v) is 6.34. The van der Waals surface area contributed by atoms with Gasteiger partial charge in [-0.2, -0.15) is 0 Å². The second-order valence-electron chi connectivity index (χ2n) is 4.57. The van der Waals surface area contributed by atoms with E-state index in [9.17, 15) is 4.79 Å². The molecular formula is C16H11Br2NO2. The van der Waals surface area contributed by atoms with Crippen LogP contribution in [0.15, 0.2) is 51.5 Å². The molecule has 5 heteroatoms. The summed E-state index contributed by atoms with van der Waals surface area (Å²) in [6, 6.07) is 11.1. The highest BCUT2D eigenvalue weighted by molar-refractivity contribution is 9.10. The number of rotatable bonds is 3. The summed E-state index contributed by atoms with van der Waals surface area (Å²) in [5.41, 5.74) is 2.21. The molecule has 0 saturated carbocycles. The molecule has 0 aliphatic heterocycles. The van der Waals surface area contributed by atoms with Gasteiger partial charge in [0.25, 0.3) is 0 Å². The number of hydrogen-bond donors (Lipinski definition) is 1. The van der Waals surface area contributed by atoms with E-state index in [1.807, 2.05) is 18.2 Å². The predicted molar refractivity (Wildman–Crippen MR) is 90.1 cm³/mol. The lowest BCUT2D eigenvalue weighted by Crippen LogP contribution is -2.00. The van der Waals surface area contributed by atoms with Crippen LogP contribution in [0.4, 0.5) is 0 Å². The Kier molecular flexibility index (Phi) is 3.87. The Bertz CT molecular complexity index is 839. The smallest absolute Gasteiger partial charge is 0.195 e. The van der Waals surface area contributed by atoms with E-state index < -0.39 is 0 Å². The topological polar surface area (TPSA) is 42.1 Å². The van der Waals surface area contributed by atoms with Crippen LogP contribution in [0.2, 0.25) is 0 Å². The maximum absolute atomic E-state index is 12.7. The van der Waals surface area contributed by atoms with Crippen molar-refractivity contribution in [3.8, 4) is 5.75 Å². The molecule has 0 spiro atoms. The number of aromatic nitrogens is 1. The van der Waals surface area contributed by atoms with Crippen LogP contribution in [-0.4, -0.2) is 17.9 Å². The van der Waals surface area contributed by atoms with Crippen molar-refractivity contribution in [2.24, 2.45) is 0 Å². The first-order chi connectivity index (χ1) is 10.1. The third-order valence-corrected chi connectivity index (χ3v) is 4.42. The number of ether oxygens (including phenoxy) is 1. The van der Waals surface area contributed by atoms with Gasteiger partial charge >= 0.3 is 0 Å². The van der Waals surface area contributed by atoms with Crippen molar-refractivity contribution in [1.29, 1.82) is 0 Å². The van der Waals surface area contributed by atoms with Crippen LogP contribution in [0.3, 0.4) is 0 Å². The molecule has 0 bridgehead atoms. The van der Waals surface area contributed by atoms with Gasteiger partial charge in [0, 0.05) is 32.7 Å². The summed E-state index contributed by atoms with van der Waals surface area (Å²) < 4.78 is 6.92. The minimum atomic E-state index is -0.0214. The Labute approximate surface area is 138 Å². The van der Waals surface area contributed by atoms with Gasteiger partial charge in [0.15, 0.2) is 5.78 Å². The van der Waals surface area contributed by atoms with E-state index in [1.54, 1.807) is 31.5 Å². The Hall–Kier alpha value is -1.59. The van der Waals surface area contributed by atoms with Gasteiger partial charge in [-0.15, -0.1) is 0 Å². The number of carbonyl (C=O) groups is 1. The van der Waals surface area contributed by atoms with Gasteiger partial charge in [0.1, 0.15) is 5.75 Å². The molecule has 0 radical (unpaired) electrons. The maximum Gasteiger partial charge on any atom is 0.195 e. The van der Waals surface area contributed by atoms with Crippen molar-refractivity contribution in [3.63, 3.8) is 0 Å². The number of halogens is 2. The molecule has 0 fully saturated rings. The molecule has 3 nitrogen and oxygen atoms in total. The molecule has 0 atom stereocenters. The molecule has 1 aromatic heterocycles. The Morgan fingerprint density at radius 1 is 1.14 bits per heavy atom. The number of ketones is 1. The lowest BCUT2D eigenvalue weighted by atomic mass is 10.0. The summed E-state index contributed by atoms with van der Waals surface area (Å²) in [5, 5.41) is 0.912. The van der Waals surface area contributed by atoms with Gasteiger partial charge in [-0.25, -0.2) is 0 Å². The zero-order chi connectivity index (χ0) is 15.0. The third-order valence-electron chi connectivity index (χ3n) is 3.30. The normalized spacial score (nSPS) is 10.8. The molecule has 0 amide bonds. The largest absolute Gasteiger partial charge is 0.496 e. The first-order valence-electron chi connectivity index (χ1n) is 6.25. The standard InChI is InChI=1S/C16H11Br2NO2/c1-21-15-5-2-9(6-13(15)18)16(20)12-8-19-14-7-10(17)3-4-11(12)14/h2-8,19H,1H3. The summed E-state index contributed by atoms with van der Waals surface area (Å²) in [4.78, 5) is 15.8. The predicted octanol–water partition coefficient (Wildman–Crippen LogP) is 4.93. The van der Waals surface area contributed by atoms with E-state index in [2.05, 4.69) is 36.8 Å². The number of fused-ring (bicyclic) bond motifs is 1. The van der Waals surface area contributed by atoms with E-state index in [4.69, 9.17) is 4.74 Å². The van der Waals surface area contributed by atoms with Gasteiger partial charge in [-0.05, 0) is 46.3 Å². The highest BCUT2D eigenvalue weighted by Gasteiger charge is 2.15. The Morgan fingerprint density at radius 2 is 1.95 bits per heavy atom. The quantitative estimate of drug-likeness (QED) is 0.624. The monoisotopic (exact) mass is 407 g/mol. The van der Waals surface area contributed by atoms with Crippen molar-refractivity contribution in [2.75, 3.05) is 7.11 Å². The molecule has 3 rings (SSSR count). The van der Waals surface area contributed by atoms with Gasteiger partial charge in [0.05, 0.1) is 11.6 Å². The highest BCUT2D eigenvalue weighted by Crippen LogP contribution is 2.28. The fourth-order valence-electron chi connectivity index (χ4n) is 2.25. The van der Waals surface area contributed by atoms with E-state index in [0.29, 0.717) is 16.9 Å². The first kappa shape index (κ1) is 14.4. The number of carbonyl (C=O) groups excluding carboxylic acids is 1.